The van der Waals surface area contributed by atoms with E-state index in [0.29, 0.717) is 24.3 Å². The van der Waals surface area contributed by atoms with Crippen LogP contribution in [-0.4, -0.2) is 60.3 Å². The van der Waals surface area contributed by atoms with Gasteiger partial charge >= 0.3 is 0 Å². The van der Waals surface area contributed by atoms with E-state index in [0.717, 1.165) is 31.2 Å². The smallest absolute Gasteiger partial charge is 0.242 e. The zero-order chi connectivity index (χ0) is 23.5. The third kappa shape index (κ3) is 5.29. The Kier molecular flexibility index (Phi) is 7.55. The molecule has 1 aliphatic carbocycles. The average molecular weight is 464 g/mol. The maximum atomic E-state index is 12.4. The molecule has 10 heteroatoms. The third-order valence-corrected chi connectivity index (χ3v) is 7.75. The summed E-state index contributed by atoms with van der Waals surface area (Å²) in [5, 5.41) is 5.76. The van der Waals surface area contributed by atoms with Crippen molar-refractivity contribution < 1.29 is 18.0 Å². The molecule has 9 nitrogen and oxygen atoms in total. The summed E-state index contributed by atoms with van der Waals surface area (Å²) in [6, 6.07) is 4.52. The lowest BCUT2D eigenvalue weighted by molar-refractivity contribution is -0.129. The Balaban J connectivity index is 1.66. The topological polar surface area (TPSA) is 113 Å². The lowest BCUT2D eigenvalue weighted by atomic mass is 10.2. The standard InChI is InChI=1S/C22H33N5O4S/c1-5-27-19-11-10-17(32(30,31)26(3)4)14-18(19)25-20(27)12-13-21(28)23-15(2)22(29)24-16-8-6-7-9-16/h10-11,14-16H,5-9,12-13H2,1-4H3,(H,23,28)(H,24,29)/t15-/m0/s1. The highest BCUT2D eigenvalue weighted by Crippen LogP contribution is 2.23. The minimum Gasteiger partial charge on any atom is -0.352 e. The molecule has 0 bridgehead atoms. The SMILES string of the molecule is CCn1c(CCC(=O)N[C@@H](C)C(=O)NC2CCCC2)nc2cc(S(=O)(=O)N(C)C)ccc21. The van der Waals surface area contributed by atoms with Gasteiger partial charge in [-0.25, -0.2) is 17.7 Å². The third-order valence-electron chi connectivity index (χ3n) is 5.94. The van der Waals surface area contributed by atoms with Gasteiger partial charge in [0.05, 0.1) is 15.9 Å². The summed E-state index contributed by atoms with van der Waals surface area (Å²) in [4.78, 5) is 29.5. The summed E-state index contributed by atoms with van der Waals surface area (Å²) >= 11 is 0. The molecule has 0 spiro atoms. The highest BCUT2D eigenvalue weighted by Gasteiger charge is 2.22. The fourth-order valence-corrected chi connectivity index (χ4v) is 5.00. The van der Waals surface area contributed by atoms with E-state index >= 15 is 0 Å². The molecule has 1 saturated carbocycles. The Morgan fingerprint density at radius 2 is 1.94 bits per heavy atom. The number of benzene rings is 1. The van der Waals surface area contributed by atoms with Gasteiger partial charge in [-0.2, -0.15) is 0 Å². The van der Waals surface area contributed by atoms with Gasteiger partial charge in [-0.15, -0.1) is 0 Å². The van der Waals surface area contributed by atoms with Crippen molar-refractivity contribution in [2.24, 2.45) is 0 Å². The van der Waals surface area contributed by atoms with Crippen LogP contribution in [0.5, 0.6) is 0 Å². The minimum absolute atomic E-state index is 0.152. The van der Waals surface area contributed by atoms with Crippen LogP contribution in [-0.2, 0) is 32.6 Å². The van der Waals surface area contributed by atoms with Crippen LogP contribution in [0.1, 0.15) is 51.8 Å². The van der Waals surface area contributed by atoms with E-state index < -0.39 is 16.1 Å². The van der Waals surface area contributed by atoms with Crippen LogP contribution in [0.15, 0.2) is 23.1 Å². The Labute approximate surface area is 189 Å². The number of amides is 2. The summed E-state index contributed by atoms with van der Waals surface area (Å²) in [6.45, 7) is 4.31. The van der Waals surface area contributed by atoms with Crippen molar-refractivity contribution in [2.75, 3.05) is 14.1 Å². The van der Waals surface area contributed by atoms with Crippen molar-refractivity contribution in [1.29, 1.82) is 0 Å². The molecule has 0 aliphatic heterocycles. The Bertz CT molecular complexity index is 1090. The van der Waals surface area contributed by atoms with Gasteiger partial charge < -0.3 is 15.2 Å². The molecule has 1 heterocycles. The number of carbonyl (C=O) groups excluding carboxylic acids is 2. The first-order chi connectivity index (χ1) is 15.1. The summed E-state index contributed by atoms with van der Waals surface area (Å²) < 4.78 is 28.0. The van der Waals surface area contributed by atoms with Gasteiger partial charge in [-0.1, -0.05) is 12.8 Å². The molecule has 0 unspecified atom stereocenters. The van der Waals surface area contributed by atoms with E-state index in [1.807, 2.05) is 11.5 Å². The summed E-state index contributed by atoms with van der Waals surface area (Å²) in [6.07, 6.45) is 4.84. The summed E-state index contributed by atoms with van der Waals surface area (Å²) in [5.41, 5.74) is 1.40. The number of fused-ring (bicyclic) bond motifs is 1. The number of aryl methyl sites for hydroxylation is 2. The van der Waals surface area contributed by atoms with Crippen LogP contribution in [0.4, 0.5) is 0 Å². The summed E-state index contributed by atoms with van der Waals surface area (Å²) in [5.74, 6) is 0.338. The number of rotatable bonds is 9. The molecular weight excluding hydrogens is 430 g/mol. The van der Waals surface area contributed by atoms with Crippen LogP contribution < -0.4 is 10.6 Å². The predicted octanol–water partition coefficient (Wildman–Crippen LogP) is 1.80. The van der Waals surface area contributed by atoms with Crippen molar-refractivity contribution in [3.63, 3.8) is 0 Å². The van der Waals surface area contributed by atoms with Gasteiger partial charge in [-0.05, 0) is 44.9 Å². The van der Waals surface area contributed by atoms with Gasteiger partial charge in [-0.3, -0.25) is 9.59 Å². The van der Waals surface area contributed by atoms with Crippen LogP contribution >= 0.6 is 0 Å². The fourth-order valence-electron chi connectivity index (χ4n) is 4.08. The molecule has 1 fully saturated rings. The van der Waals surface area contributed by atoms with Gasteiger partial charge in [0, 0.05) is 39.5 Å². The van der Waals surface area contributed by atoms with Gasteiger partial charge in [0.15, 0.2) is 0 Å². The van der Waals surface area contributed by atoms with E-state index in [9.17, 15) is 18.0 Å². The second kappa shape index (κ2) is 9.99. The van der Waals surface area contributed by atoms with Crippen LogP contribution in [0.25, 0.3) is 11.0 Å². The number of sulfonamides is 1. The quantitative estimate of drug-likeness (QED) is 0.589. The number of aromatic nitrogens is 2. The van der Waals surface area contributed by atoms with Crippen LogP contribution in [0, 0.1) is 0 Å². The molecule has 32 heavy (non-hydrogen) atoms. The largest absolute Gasteiger partial charge is 0.352 e. The summed E-state index contributed by atoms with van der Waals surface area (Å²) in [7, 11) is -0.574. The second-order valence-corrected chi connectivity index (χ2v) is 10.6. The van der Waals surface area contributed by atoms with Crippen LogP contribution in [0.2, 0.25) is 0 Å². The first-order valence-corrected chi connectivity index (χ1v) is 12.6. The molecule has 0 saturated heterocycles. The van der Waals surface area contributed by atoms with Crippen LogP contribution in [0.3, 0.4) is 0 Å². The molecule has 1 aromatic heterocycles. The van der Waals surface area contributed by atoms with Gasteiger partial charge in [0.1, 0.15) is 11.9 Å². The first-order valence-electron chi connectivity index (χ1n) is 11.1. The second-order valence-electron chi connectivity index (χ2n) is 8.49. The number of nitrogens with zero attached hydrogens (tertiary/aromatic N) is 3. The van der Waals surface area contributed by atoms with Crippen molar-refractivity contribution in [3.05, 3.63) is 24.0 Å². The normalized spacial score (nSPS) is 15.9. The Hall–Kier alpha value is -2.46. The molecule has 2 amide bonds. The van der Waals surface area contributed by atoms with Gasteiger partial charge in [0.25, 0.3) is 0 Å². The van der Waals surface area contributed by atoms with Gasteiger partial charge in [0.2, 0.25) is 21.8 Å². The maximum Gasteiger partial charge on any atom is 0.242 e. The number of imidazole rings is 1. The Morgan fingerprint density at radius 3 is 2.56 bits per heavy atom. The molecule has 1 aliphatic rings. The van der Waals surface area contributed by atoms with E-state index in [1.165, 1.54) is 18.4 Å². The lowest BCUT2D eigenvalue weighted by Gasteiger charge is -2.17. The van der Waals surface area contributed by atoms with Crippen molar-refractivity contribution in [1.82, 2.24) is 24.5 Å². The zero-order valence-corrected chi connectivity index (χ0v) is 20.0. The average Bonchev–Trinajstić information content (AvgIpc) is 3.38. The molecule has 2 aromatic rings. The minimum atomic E-state index is -3.55. The predicted molar refractivity (Wildman–Crippen MR) is 123 cm³/mol. The number of nitrogens with one attached hydrogen (secondary N) is 2. The van der Waals surface area contributed by atoms with E-state index in [-0.39, 0.29) is 29.2 Å². The Morgan fingerprint density at radius 1 is 1.25 bits per heavy atom. The highest BCUT2D eigenvalue weighted by atomic mass is 32.2. The van der Waals surface area contributed by atoms with E-state index in [1.54, 1.807) is 25.1 Å². The van der Waals surface area contributed by atoms with Crippen molar-refractivity contribution in [2.45, 2.75) is 75.9 Å². The van der Waals surface area contributed by atoms with E-state index in [2.05, 4.69) is 15.6 Å². The molecule has 0 radical (unpaired) electrons. The number of hydrogen-bond acceptors (Lipinski definition) is 5. The molecular formula is C22H33N5O4S. The maximum absolute atomic E-state index is 12.4. The lowest BCUT2D eigenvalue weighted by Crippen LogP contribution is -2.47. The zero-order valence-electron chi connectivity index (χ0n) is 19.2. The van der Waals surface area contributed by atoms with E-state index in [4.69, 9.17) is 0 Å². The highest BCUT2D eigenvalue weighted by molar-refractivity contribution is 7.89. The molecule has 1 aromatic carbocycles. The molecule has 3 rings (SSSR count). The molecule has 176 valence electrons. The molecule has 2 N–H and O–H groups in total. The number of hydrogen-bond donors (Lipinski definition) is 2. The fraction of sp³-hybridized carbons (Fsp3) is 0.591. The first kappa shape index (κ1) is 24.2. The molecule has 1 atom stereocenters. The number of carbonyl (C=O) groups is 2. The van der Waals surface area contributed by atoms with Crippen molar-refractivity contribution in [3.8, 4) is 0 Å². The monoisotopic (exact) mass is 463 g/mol. The van der Waals surface area contributed by atoms with Crippen molar-refractivity contribution >= 4 is 32.9 Å².